The van der Waals surface area contributed by atoms with E-state index in [1.165, 1.54) is 4.31 Å². The zero-order valence-electron chi connectivity index (χ0n) is 11.0. The van der Waals surface area contributed by atoms with Crippen LogP contribution in [0.5, 0.6) is 0 Å². The molecule has 0 amide bonds. The van der Waals surface area contributed by atoms with Crippen LogP contribution >= 0.6 is 0 Å². The maximum atomic E-state index is 12.4. The first-order chi connectivity index (χ1) is 9.47. The van der Waals surface area contributed by atoms with Crippen LogP contribution in [-0.2, 0) is 27.8 Å². The van der Waals surface area contributed by atoms with Crippen LogP contribution in [0.1, 0.15) is 24.0 Å². The summed E-state index contributed by atoms with van der Waals surface area (Å²) in [6, 6.07) is 6.47. The van der Waals surface area contributed by atoms with Crippen LogP contribution in [0.3, 0.4) is 0 Å². The number of carboxylic acid groups (broad SMARTS) is 1. The third-order valence-electron chi connectivity index (χ3n) is 3.99. The van der Waals surface area contributed by atoms with Gasteiger partial charge < -0.3 is 5.11 Å². The van der Waals surface area contributed by atoms with E-state index in [-0.39, 0.29) is 24.6 Å². The lowest BCUT2D eigenvalue weighted by atomic mass is 9.96. The summed E-state index contributed by atoms with van der Waals surface area (Å²) in [6.45, 7) is 0.169. The van der Waals surface area contributed by atoms with Crippen molar-refractivity contribution >= 4 is 16.0 Å². The summed E-state index contributed by atoms with van der Waals surface area (Å²) in [7, 11) is -3.50. The van der Waals surface area contributed by atoms with Gasteiger partial charge in [0.2, 0.25) is 10.0 Å². The highest BCUT2D eigenvalue weighted by molar-refractivity contribution is 7.89. The molecular formula is C14H17NO4S. The van der Waals surface area contributed by atoms with Gasteiger partial charge in [0.05, 0.1) is 5.75 Å². The Balaban J connectivity index is 1.93. The van der Waals surface area contributed by atoms with Crippen molar-refractivity contribution < 1.29 is 18.3 Å². The number of hydrogen-bond acceptors (Lipinski definition) is 3. The van der Waals surface area contributed by atoms with Gasteiger partial charge in [-0.1, -0.05) is 24.3 Å². The first-order valence-corrected chi connectivity index (χ1v) is 8.37. The van der Waals surface area contributed by atoms with Gasteiger partial charge in [-0.25, -0.2) is 8.42 Å². The van der Waals surface area contributed by atoms with Crippen molar-refractivity contribution in [1.29, 1.82) is 0 Å². The molecule has 1 N–H and O–H groups in total. The summed E-state index contributed by atoms with van der Waals surface area (Å²) in [5.41, 5.74) is 1.84. The van der Waals surface area contributed by atoms with Crippen molar-refractivity contribution in [2.75, 3.05) is 5.75 Å². The summed E-state index contributed by atoms with van der Waals surface area (Å²) >= 11 is 0. The molecule has 2 aliphatic rings. The van der Waals surface area contributed by atoms with Gasteiger partial charge >= 0.3 is 5.97 Å². The predicted octanol–water partition coefficient (Wildman–Crippen LogP) is 1.24. The second-order valence-corrected chi connectivity index (χ2v) is 7.56. The molecule has 0 unspecified atom stereocenters. The second-order valence-electron chi connectivity index (χ2n) is 5.59. The number of hydrogen-bond donors (Lipinski definition) is 1. The van der Waals surface area contributed by atoms with Crippen LogP contribution in [0.25, 0.3) is 0 Å². The number of rotatable bonds is 4. The van der Waals surface area contributed by atoms with Gasteiger partial charge in [-0.2, -0.15) is 4.31 Å². The van der Waals surface area contributed by atoms with E-state index in [2.05, 4.69) is 0 Å². The zero-order valence-corrected chi connectivity index (χ0v) is 11.8. The topological polar surface area (TPSA) is 74.7 Å². The number of sulfonamides is 1. The minimum atomic E-state index is -3.50. The molecule has 3 rings (SSSR count). The van der Waals surface area contributed by atoms with E-state index in [0.29, 0.717) is 0 Å². The largest absolute Gasteiger partial charge is 0.480 e. The Bertz CT molecular complexity index is 636. The van der Waals surface area contributed by atoms with Gasteiger partial charge in [0.15, 0.2) is 0 Å². The van der Waals surface area contributed by atoms with Crippen molar-refractivity contribution in [3.8, 4) is 0 Å². The summed E-state index contributed by atoms with van der Waals surface area (Å²) in [6.07, 6.45) is 2.11. The monoisotopic (exact) mass is 295 g/mol. The summed E-state index contributed by atoms with van der Waals surface area (Å²) < 4.78 is 26.0. The Kier molecular flexibility index (Phi) is 3.30. The number of aliphatic carboxylic acids is 1. The van der Waals surface area contributed by atoms with Gasteiger partial charge in [0.25, 0.3) is 0 Å². The number of fused-ring (bicyclic) bond motifs is 1. The fourth-order valence-corrected chi connectivity index (χ4v) is 4.69. The van der Waals surface area contributed by atoms with Gasteiger partial charge in [-0.15, -0.1) is 0 Å². The molecule has 1 aliphatic heterocycles. The van der Waals surface area contributed by atoms with Crippen molar-refractivity contribution in [3.63, 3.8) is 0 Å². The molecule has 0 bridgehead atoms. The average Bonchev–Trinajstić information content (AvgIpc) is 3.20. The smallest absolute Gasteiger partial charge is 0.322 e. The van der Waals surface area contributed by atoms with E-state index < -0.39 is 22.0 Å². The molecule has 1 saturated carbocycles. The van der Waals surface area contributed by atoms with Crippen molar-refractivity contribution in [2.45, 2.75) is 31.8 Å². The van der Waals surface area contributed by atoms with Gasteiger partial charge in [-0.05, 0) is 29.9 Å². The predicted molar refractivity (Wildman–Crippen MR) is 73.6 cm³/mol. The van der Waals surface area contributed by atoms with E-state index in [9.17, 15) is 18.3 Å². The van der Waals surface area contributed by atoms with Gasteiger partial charge in [-0.3, -0.25) is 4.79 Å². The Morgan fingerprint density at radius 3 is 2.50 bits per heavy atom. The van der Waals surface area contributed by atoms with Crippen LogP contribution in [0, 0.1) is 5.92 Å². The van der Waals surface area contributed by atoms with Crippen LogP contribution in [-0.4, -0.2) is 35.6 Å². The quantitative estimate of drug-likeness (QED) is 0.907. The molecule has 1 heterocycles. The third-order valence-corrected chi connectivity index (χ3v) is 5.98. The molecule has 0 aromatic heterocycles. The molecule has 20 heavy (non-hydrogen) atoms. The molecule has 1 atom stereocenters. The SMILES string of the molecule is O=C(O)[C@@H]1Cc2ccccc2CN1S(=O)(=O)CC1CC1. The van der Waals surface area contributed by atoms with Crippen molar-refractivity contribution in [3.05, 3.63) is 35.4 Å². The third kappa shape index (κ3) is 2.58. The van der Waals surface area contributed by atoms with Crippen molar-refractivity contribution in [2.24, 2.45) is 5.92 Å². The number of carboxylic acids is 1. The van der Waals surface area contributed by atoms with Crippen LogP contribution in [0.15, 0.2) is 24.3 Å². The van der Waals surface area contributed by atoms with E-state index >= 15 is 0 Å². The molecule has 0 saturated heterocycles. The maximum Gasteiger partial charge on any atom is 0.322 e. The Labute approximate surface area is 118 Å². The van der Waals surface area contributed by atoms with Crippen LogP contribution in [0.4, 0.5) is 0 Å². The van der Waals surface area contributed by atoms with E-state index in [1.807, 2.05) is 24.3 Å². The van der Waals surface area contributed by atoms with E-state index in [4.69, 9.17) is 0 Å². The molecule has 108 valence electrons. The minimum Gasteiger partial charge on any atom is -0.480 e. The molecule has 6 heteroatoms. The first kappa shape index (κ1) is 13.6. The highest BCUT2D eigenvalue weighted by Crippen LogP contribution is 2.33. The van der Waals surface area contributed by atoms with E-state index in [1.54, 1.807) is 0 Å². The summed E-state index contributed by atoms with van der Waals surface area (Å²) in [5.74, 6) is -0.774. The standard InChI is InChI=1S/C14H17NO4S/c16-14(17)13-7-11-3-1-2-4-12(11)8-15(13)20(18,19)9-10-5-6-10/h1-4,10,13H,5-9H2,(H,16,17)/t13-/m0/s1. The summed E-state index contributed by atoms with van der Waals surface area (Å²) in [4.78, 5) is 11.4. The second kappa shape index (κ2) is 4.86. The molecule has 1 aromatic rings. The Morgan fingerprint density at radius 2 is 1.90 bits per heavy atom. The first-order valence-electron chi connectivity index (χ1n) is 6.76. The lowest BCUT2D eigenvalue weighted by Gasteiger charge is -2.33. The van der Waals surface area contributed by atoms with Crippen molar-refractivity contribution in [1.82, 2.24) is 4.31 Å². The fourth-order valence-electron chi connectivity index (χ4n) is 2.68. The van der Waals surface area contributed by atoms with Crippen LogP contribution < -0.4 is 0 Å². The number of carbonyl (C=O) groups is 1. The highest BCUT2D eigenvalue weighted by atomic mass is 32.2. The maximum absolute atomic E-state index is 12.4. The Morgan fingerprint density at radius 1 is 1.25 bits per heavy atom. The van der Waals surface area contributed by atoms with E-state index in [0.717, 1.165) is 24.0 Å². The molecule has 5 nitrogen and oxygen atoms in total. The van der Waals surface area contributed by atoms with Gasteiger partial charge in [0.1, 0.15) is 6.04 Å². The highest BCUT2D eigenvalue weighted by Gasteiger charge is 2.41. The summed E-state index contributed by atoms with van der Waals surface area (Å²) in [5, 5.41) is 9.34. The van der Waals surface area contributed by atoms with Crippen LogP contribution in [0.2, 0.25) is 0 Å². The minimum absolute atomic E-state index is 0.0823. The average molecular weight is 295 g/mol. The molecule has 1 aliphatic carbocycles. The molecule has 1 fully saturated rings. The Hall–Kier alpha value is -1.40. The molecule has 1 aromatic carbocycles. The number of nitrogens with zero attached hydrogens (tertiary/aromatic N) is 1. The number of benzene rings is 1. The molecule has 0 spiro atoms. The molecule has 0 radical (unpaired) electrons. The molecular weight excluding hydrogens is 278 g/mol. The fraction of sp³-hybridized carbons (Fsp3) is 0.500. The van der Waals surface area contributed by atoms with Gasteiger partial charge in [0, 0.05) is 13.0 Å². The normalized spacial score (nSPS) is 23.3. The lowest BCUT2D eigenvalue weighted by Crippen LogP contribution is -2.49. The zero-order chi connectivity index (χ0) is 14.3. The lowest BCUT2D eigenvalue weighted by molar-refractivity contribution is -0.141.